The van der Waals surface area contributed by atoms with Crippen LogP contribution in [-0.4, -0.2) is 11.1 Å². The molecule has 1 aromatic rings. The molecule has 2 heterocycles. The van der Waals surface area contributed by atoms with Crippen LogP contribution in [0.1, 0.15) is 74.7 Å². The summed E-state index contributed by atoms with van der Waals surface area (Å²) < 4.78 is 6.01. The Balaban J connectivity index is 1.78. The van der Waals surface area contributed by atoms with Crippen LogP contribution in [0.15, 0.2) is 12.1 Å². The molecule has 0 saturated heterocycles. The number of fused-ring (bicyclic) bond motifs is 1. The van der Waals surface area contributed by atoms with Crippen molar-refractivity contribution in [3.63, 3.8) is 0 Å². The number of nitrogens with zero attached hydrogens (tertiary/aromatic N) is 1. The standard InChI is InChI=1S/C16H23NO/c1-3-4-5-16-11(2)13-8-9-14(12-6-7-12)17-15(13)10-18-16/h8-9,11-12,16H,3-7,10H2,1-2H3/t11-,16-/m0/s1. The van der Waals surface area contributed by atoms with Crippen LogP contribution >= 0.6 is 0 Å². The molecule has 18 heavy (non-hydrogen) atoms. The first-order chi connectivity index (χ1) is 8.79. The molecule has 0 unspecified atom stereocenters. The molecule has 2 aliphatic rings. The summed E-state index contributed by atoms with van der Waals surface area (Å²) in [6.45, 7) is 5.25. The molecule has 0 radical (unpaired) electrons. The summed E-state index contributed by atoms with van der Waals surface area (Å²) >= 11 is 0. The zero-order valence-electron chi connectivity index (χ0n) is 11.5. The third-order valence-electron chi connectivity index (χ3n) is 4.35. The third kappa shape index (κ3) is 2.31. The molecule has 2 nitrogen and oxygen atoms in total. The summed E-state index contributed by atoms with van der Waals surface area (Å²) in [6, 6.07) is 4.55. The van der Waals surface area contributed by atoms with E-state index in [4.69, 9.17) is 9.72 Å². The maximum Gasteiger partial charge on any atom is 0.0894 e. The van der Waals surface area contributed by atoms with Crippen molar-refractivity contribution in [3.05, 3.63) is 29.1 Å². The zero-order valence-corrected chi connectivity index (χ0v) is 11.5. The summed E-state index contributed by atoms with van der Waals surface area (Å²) in [7, 11) is 0. The Morgan fingerprint density at radius 3 is 2.89 bits per heavy atom. The molecule has 1 aromatic heterocycles. The minimum absolute atomic E-state index is 0.394. The molecule has 1 saturated carbocycles. The SMILES string of the molecule is CCCC[C@@H]1OCc2nc(C3CC3)ccc2[C@@H]1C. The molecule has 98 valence electrons. The van der Waals surface area contributed by atoms with Crippen LogP contribution < -0.4 is 0 Å². The maximum atomic E-state index is 6.01. The lowest BCUT2D eigenvalue weighted by molar-refractivity contribution is 0.00289. The van der Waals surface area contributed by atoms with Gasteiger partial charge in [-0.25, -0.2) is 0 Å². The predicted molar refractivity (Wildman–Crippen MR) is 72.7 cm³/mol. The van der Waals surface area contributed by atoms with Crippen LogP contribution in [0.5, 0.6) is 0 Å². The summed E-state index contributed by atoms with van der Waals surface area (Å²) in [6.07, 6.45) is 6.73. The highest BCUT2D eigenvalue weighted by Crippen LogP contribution is 2.41. The van der Waals surface area contributed by atoms with Crippen LogP contribution in [0.25, 0.3) is 0 Å². The van der Waals surface area contributed by atoms with Gasteiger partial charge in [-0.2, -0.15) is 0 Å². The number of aromatic nitrogens is 1. The molecule has 1 aliphatic carbocycles. The summed E-state index contributed by atoms with van der Waals surface area (Å²) in [5.41, 5.74) is 3.91. The van der Waals surface area contributed by atoms with Crippen LogP contribution in [-0.2, 0) is 11.3 Å². The Hall–Kier alpha value is -0.890. The van der Waals surface area contributed by atoms with E-state index in [1.807, 2.05) is 0 Å². The highest BCUT2D eigenvalue weighted by Gasteiger charge is 2.30. The first-order valence-corrected chi connectivity index (χ1v) is 7.41. The van der Waals surface area contributed by atoms with Gasteiger partial charge >= 0.3 is 0 Å². The van der Waals surface area contributed by atoms with Crippen molar-refractivity contribution in [2.45, 2.75) is 70.5 Å². The van der Waals surface area contributed by atoms with Gasteiger partial charge in [0.2, 0.25) is 0 Å². The van der Waals surface area contributed by atoms with Crippen molar-refractivity contribution in [1.82, 2.24) is 4.98 Å². The van der Waals surface area contributed by atoms with Crippen molar-refractivity contribution in [2.24, 2.45) is 0 Å². The van der Waals surface area contributed by atoms with Gasteiger partial charge in [-0.05, 0) is 30.9 Å². The van der Waals surface area contributed by atoms with Crippen LogP contribution in [0, 0.1) is 0 Å². The monoisotopic (exact) mass is 245 g/mol. The Bertz CT molecular complexity index is 425. The first-order valence-electron chi connectivity index (χ1n) is 7.41. The highest BCUT2D eigenvalue weighted by molar-refractivity contribution is 5.30. The minimum Gasteiger partial charge on any atom is -0.371 e. The van der Waals surface area contributed by atoms with Crippen LogP contribution in [0.3, 0.4) is 0 Å². The fraction of sp³-hybridized carbons (Fsp3) is 0.688. The summed E-state index contributed by atoms with van der Waals surface area (Å²) in [4.78, 5) is 4.82. The van der Waals surface area contributed by atoms with Crippen molar-refractivity contribution in [3.8, 4) is 0 Å². The molecular formula is C16H23NO. The van der Waals surface area contributed by atoms with Gasteiger partial charge in [0.25, 0.3) is 0 Å². The van der Waals surface area contributed by atoms with Crippen molar-refractivity contribution < 1.29 is 4.74 Å². The Morgan fingerprint density at radius 2 is 2.17 bits per heavy atom. The van der Waals surface area contributed by atoms with Gasteiger partial charge in [0.15, 0.2) is 0 Å². The topological polar surface area (TPSA) is 22.1 Å². The quantitative estimate of drug-likeness (QED) is 0.795. The molecule has 1 fully saturated rings. The third-order valence-corrected chi connectivity index (χ3v) is 4.35. The fourth-order valence-electron chi connectivity index (χ4n) is 2.93. The Kier molecular flexibility index (Phi) is 3.38. The number of ether oxygens (including phenoxy) is 1. The smallest absolute Gasteiger partial charge is 0.0894 e. The molecule has 2 heteroatoms. The van der Waals surface area contributed by atoms with Gasteiger partial charge in [-0.3, -0.25) is 4.98 Å². The first kappa shape index (κ1) is 12.2. The molecule has 0 spiro atoms. The molecule has 2 atom stereocenters. The van der Waals surface area contributed by atoms with Gasteiger partial charge in [0.1, 0.15) is 0 Å². The number of hydrogen-bond donors (Lipinski definition) is 0. The van der Waals surface area contributed by atoms with E-state index in [-0.39, 0.29) is 0 Å². The summed E-state index contributed by atoms with van der Waals surface area (Å²) in [5, 5.41) is 0. The van der Waals surface area contributed by atoms with Crippen LogP contribution in [0.4, 0.5) is 0 Å². The van der Waals surface area contributed by atoms with Gasteiger partial charge in [-0.15, -0.1) is 0 Å². The number of unbranched alkanes of at least 4 members (excludes halogenated alkanes) is 1. The van der Waals surface area contributed by atoms with E-state index in [2.05, 4.69) is 26.0 Å². The second kappa shape index (κ2) is 5.00. The number of rotatable bonds is 4. The van der Waals surface area contributed by atoms with E-state index < -0.39 is 0 Å². The summed E-state index contributed by atoms with van der Waals surface area (Å²) in [5.74, 6) is 1.24. The maximum absolute atomic E-state index is 6.01. The molecule has 0 bridgehead atoms. The second-order valence-electron chi connectivity index (χ2n) is 5.83. The lowest BCUT2D eigenvalue weighted by atomic mass is 9.88. The Labute approximate surface area is 110 Å². The zero-order chi connectivity index (χ0) is 12.5. The van der Waals surface area contributed by atoms with Gasteiger partial charge in [0, 0.05) is 17.5 Å². The Morgan fingerprint density at radius 1 is 1.33 bits per heavy atom. The van der Waals surface area contributed by atoms with E-state index in [0.717, 1.165) is 5.92 Å². The fourth-order valence-corrected chi connectivity index (χ4v) is 2.93. The van der Waals surface area contributed by atoms with Crippen molar-refractivity contribution in [1.29, 1.82) is 0 Å². The van der Waals surface area contributed by atoms with E-state index in [1.165, 1.54) is 49.1 Å². The number of pyridine rings is 1. The van der Waals surface area contributed by atoms with E-state index >= 15 is 0 Å². The highest BCUT2D eigenvalue weighted by atomic mass is 16.5. The van der Waals surface area contributed by atoms with E-state index in [9.17, 15) is 0 Å². The van der Waals surface area contributed by atoms with Gasteiger partial charge in [0.05, 0.1) is 18.4 Å². The molecule has 1 aliphatic heterocycles. The minimum atomic E-state index is 0.394. The average Bonchev–Trinajstić information content (AvgIpc) is 3.22. The number of hydrogen-bond acceptors (Lipinski definition) is 2. The molecule has 3 rings (SSSR count). The lowest BCUT2D eigenvalue weighted by Gasteiger charge is -2.31. The molecule has 0 aromatic carbocycles. The van der Waals surface area contributed by atoms with Gasteiger partial charge in [-0.1, -0.05) is 32.8 Å². The van der Waals surface area contributed by atoms with Crippen molar-refractivity contribution in [2.75, 3.05) is 0 Å². The largest absolute Gasteiger partial charge is 0.371 e. The normalized spacial score (nSPS) is 27.0. The van der Waals surface area contributed by atoms with Crippen LogP contribution in [0.2, 0.25) is 0 Å². The predicted octanol–water partition coefficient (Wildman–Crippen LogP) is 4.15. The van der Waals surface area contributed by atoms with E-state index in [1.54, 1.807) is 0 Å². The van der Waals surface area contributed by atoms with Gasteiger partial charge < -0.3 is 4.74 Å². The lowest BCUT2D eigenvalue weighted by Crippen LogP contribution is -2.27. The second-order valence-corrected chi connectivity index (χ2v) is 5.83. The average molecular weight is 245 g/mol. The molecular weight excluding hydrogens is 222 g/mol. The molecule has 0 N–H and O–H groups in total. The molecule has 0 amide bonds. The van der Waals surface area contributed by atoms with Crippen molar-refractivity contribution >= 4 is 0 Å². The van der Waals surface area contributed by atoms with E-state index in [0.29, 0.717) is 18.6 Å².